The molecule has 390 valence electrons. The standard InChI is InChI=1S/C18H12F2N8.C12H7ClF2N6O2.C6H5BN2O2.CH4.S12/c19-14-2-11(22)3-15(20)13(14)8-28-17-12(7-25-28)16(26-18(23)27-17)10-1-9(4-21)5-24-6-10;13-10-6-3-17-20(11(6)19-12(16)18-10)4-7-8(14)1-5(21(22)23)2-9(7)15;8-2-5-1-6(7(10)11)4-9-3-5;;1-3-5-7-9-11-12-10-8-6-4-2/h1-3,5-7H,8,22H2,(H2,23,26,27);1-3H,4H2,(H2,16,18,19);1,3-4,10-11H;1H4;. The number of nitro groups is 1. The van der Waals surface area contributed by atoms with Gasteiger partial charge in [-0.25, -0.2) is 36.9 Å². The Kier molecular flexibility index (Phi) is 25.3. The molecule has 0 radical (unpaired) electrons. The fourth-order valence-corrected chi connectivity index (χ4v) is 27.8. The number of nitrogens with two attached hydrogens (primary N) is 3. The van der Waals surface area contributed by atoms with Crippen LogP contribution in [0.3, 0.4) is 0 Å². The van der Waals surface area contributed by atoms with E-state index in [1.165, 1.54) is 70.4 Å². The second-order valence-electron chi connectivity index (χ2n) is 13.2. The molecule has 2 aromatic carbocycles. The van der Waals surface area contributed by atoms with Crippen molar-refractivity contribution in [2.75, 3.05) is 17.2 Å². The highest BCUT2D eigenvalue weighted by Crippen LogP contribution is 2.29. The molecule has 8 aromatic rings. The molecule has 0 unspecified atom stereocenters. The molecule has 6 aromatic heterocycles. The van der Waals surface area contributed by atoms with E-state index < -0.39 is 46.6 Å². The molecule has 6 heterocycles. The molecular weight excluding hydrogens is 1240 g/mol. The Morgan fingerprint density at radius 1 is 0.667 bits per heavy atom. The first-order valence-electron chi connectivity index (χ1n) is 19.0. The van der Waals surface area contributed by atoms with Crippen molar-refractivity contribution in [3.05, 3.63) is 134 Å². The minimum atomic E-state index is -1.56. The molecule has 0 atom stereocenters. The van der Waals surface area contributed by atoms with Crippen molar-refractivity contribution >= 4 is 181 Å². The van der Waals surface area contributed by atoms with Crippen LogP contribution in [0.15, 0.2) is 73.6 Å². The number of nitriles is 2. The highest BCUT2D eigenvalue weighted by Gasteiger charge is 2.21. The Labute approximate surface area is 464 Å². The molecule has 0 saturated heterocycles. The second kappa shape index (κ2) is 30.7. The van der Waals surface area contributed by atoms with Gasteiger partial charge in [0.1, 0.15) is 40.6 Å². The zero-order chi connectivity index (χ0) is 53.9. The average Bonchev–Trinajstić information content (AvgIpc) is 3.98. The monoisotopic (exact) mass is 1270 g/mol. The van der Waals surface area contributed by atoms with Gasteiger partial charge in [0.25, 0.3) is 5.69 Å². The van der Waals surface area contributed by atoms with E-state index in [9.17, 15) is 27.7 Å². The molecule has 0 aliphatic rings. The van der Waals surface area contributed by atoms with Gasteiger partial charge in [-0.1, -0.05) is 19.0 Å². The molecule has 8 rings (SSSR count). The minimum absolute atomic E-state index is 0. The highest BCUT2D eigenvalue weighted by molar-refractivity contribution is 8.75. The topological polar surface area (TPSA) is 322 Å². The number of aromatic nitrogens is 10. The molecule has 75 heavy (non-hydrogen) atoms. The molecule has 0 amide bonds. The van der Waals surface area contributed by atoms with E-state index in [4.69, 9.17) is 49.4 Å². The zero-order valence-corrected chi connectivity index (χ0v) is 46.5. The van der Waals surface area contributed by atoms with Crippen LogP contribution in [0.2, 0.25) is 5.15 Å². The van der Waals surface area contributed by atoms with Crippen LogP contribution in [0.4, 0.5) is 40.8 Å². The second-order valence-corrected chi connectivity index (χ2v) is 31.3. The van der Waals surface area contributed by atoms with Gasteiger partial charge < -0.3 is 27.2 Å². The number of fused-ring (bicyclic) bond motifs is 2. The van der Waals surface area contributed by atoms with Crippen LogP contribution in [0.1, 0.15) is 29.7 Å². The van der Waals surface area contributed by atoms with E-state index >= 15 is 0 Å². The number of rotatable bonds is 7. The Morgan fingerprint density at radius 3 is 1.61 bits per heavy atom. The molecule has 0 saturated carbocycles. The van der Waals surface area contributed by atoms with Crippen molar-refractivity contribution in [2.24, 2.45) is 0 Å². The van der Waals surface area contributed by atoms with Crippen LogP contribution in [-0.2, 0) is 124 Å². The van der Waals surface area contributed by atoms with Gasteiger partial charge in [0, 0.05) is 164 Å². The van der Waals surface area contributed by atoms with Gasteiger partial charge in [0.2, 0.25) is 11.9 Å². The number of nitrogen functional groups attached to an aromatic ring is 3. The summed E-state index contributed by atoms with van der Waals surface area (Å²) in [7, 11) is 14.7. The molecule has 0 fully saturated rings. The first-order chi connectivity index (χ1) is 35.5. The quantitative estimate of drug-likeness (QED) is 0.0378. The van der Waals surface area contributed by atoms with Crippen molar-refractivity contribution in [1.82, 2.24) is 49.5 Å². The Balaban J connectivity index is 0.000000232. The number of pyridine rings is 2. The predicted octanol–water partition coefficient (Wildman–Crippen LogP) is 3.79. The van der Waals surface area contributed by atoms with E-state index in [-0.39, 0.29) is 59.9 Å². The average molecular weight is 1270 g/mol. The van der Waals surface area contributed by atoms with Crippen LogP contribution in [-0.4, -0.2) is 71.6 Å². The van der Waals surface area contributed by atoms with Gasteiger partial charge in [-0.15, -0.1) is 0 Å². The summed E-state index contributed by atoms with van der Waals surface area (Å²) >= 11 is 15.3. The maximum atomic E-state index is 14.2. The number of anilines is 3. The molecule has 0 spiro atoms. The lowest BCUT2D eigenvalue weighted by molar-refractivity contribution is -0.385. The Morgan fingerprint density at radius 2 is 1.12 bits per heavy atom. The van der Waals surface area contributed by atoms with Crippen LogP contribution >= 0.6 is 11.6 Å². The number of non-ortho nitro benzene ring substituents is 1. The van der Waals surface area contributed by atoms with Crippen LogP contribution in [0.25, 0.3) is 33.3 Å². The fourth-order valence-electron chi connectivity index (χ4n) is 5.66. The van der Waals surface area contributed by atoms with Crippen molar-refractivity contribution in [2.45, 2.75) is 20.5 Å². The normalized spacial score (nSPS) is 9.88. The maximum absolute atomic E-state index is 14.2. The fraction of sp³-hybridized carbons (Fsp3) is 0.0811. The zero-order valence-electron chi connectivity index (χ0n) is 36.0. The number of hydrogen-bond acceptors (Lipinski definition) is 19. The maximum Gasteiger partial charge on any atom is 0.490 e. The lowest BCUT2D eigenvalue weighted by Crippen LogP contribution is -2.30. The first-order valence-corrected chi connectivity index (χ1v) is 34.0. The summed E-state index contributed by atoms with van der Waals surface area (Å²) in [5.74, 6) is -3.86. The van der Waals surface area contributed by atoms with Crippen LogP contribution in [0, 0.1) is 56.0 Å². The van der Waals surface area contributed by atoms with Crippen molar-refractivity contribution in [3.63, 3.8) is 0 Å². The summed E-state index contributed by atoms with van der Waals surface area (Å²) < 4.78 is 58.7. The Bertz CT molecular complexity index is 3920. The summed E-state index contributed by atoms with van der Waals surface area (Å²) in [6, 6.07) is 10.2. The van der Waals surface area contributed by atoms with Crippen molar-refractivity contribution < 1.29 is 32.5 Å². The summed E-state index contributed by atoms with van der Waals surface area (Å²) in [5, 5.41) is 54.4. The largest absolute Gasteiger partial charge is 0.490 e. The number of halogens is 5. The van der Waals surface area contributed by atoms with Gasteiger partial charge in [0.05, 0.1) is 70.1 Å². The third kappa shape index (κ3) is 17.9. The summed E-state index contributed by atoms with van der Waals surface area (Å²) in [4.78, 5) is 33.4. The number of nitro benzene ring substituents is 1. The van der Waals surface area contributed by atoms with Crippen LogP contribution < -0.4 is 22.7 Å². The van der Waals surface area contributed by atoms with E-state index in [1.807, 2.05) is 12.1 Å². The van der Waals surface area contributed by atoms with Crippen molar-refractivity contribution in [1.29, 1.82) is 10.5 Å². The van der Waals surface area contributed by atoms with Gasteiger partial charge in [-0.2, -0.15) is 30.7 Å². The van der Waals surface area contributed by atoms with E-state index in [0.717, 1.165) is 12.1 Å². The van der Waals surface area contributed by atoms with Crippen molar-refractivity contribution in [3.8, 4) is 23.4 Å². The summed E-state index contributed by atoms with van der Waals surface area (Å²) in [6.07, 6.45) is 8.39. The molecular formula is C37H28BClF4N16O4S12. The number of hydrogen-bond donors (Lipinski definition) is 5. The van der Waals surface area contributed by atoms with E-state index in [1.54, 1.807) is 77.1 Å². The summed E-state index contributed by atoms with van der Waals surface area (Å²) in [5.41, 5.74) is 17.8. The summed E-state index contributed by atoms with van der Waals surface area (Å²) in [6.45, 7) is -0.556. The molecule has 38 heteroatoms. The smallest absolute Gasteiger partial charge is 0.423 e. The lowest BCUT2D eigenvalue weighted by Gasteiger charge is -2.08. The lowest BCUT2D eigenvalue weighted by atomic mass is 9.81. The highest BCUT2D eigenvalue weighted by atomic mass is 35.5. The molecule has 0 bridgehead atoms. The number of benzene rings is 2. The SMILES string of the molecule is C.N#Cc1cncc(-c2nc(N)nc3c2cnn3Cc2c(F)cc(N)cc2F)c1.N#Cc1cncc(B(O)O)c1.Nc1nc(Cl)c2cnn(Cc3c(F)cc([N+](=O)[O-])cc3F)c2n1.S=S=S=S=S=S=S=S=S=S=S=S. The third-order valence-electron chi connectivity index (χ3n) is 8.67. The predicted molar refractivity (Wildman–Crippen MR) is 308 cm³/mol. The number of nitrogens with zero attached hydrogens (tertiary/aromatic N) is 13. The van der Waals surface area contributed by atoms with E-state index in [0.29, 0.717) is 50.9 Å². The Hall–Kier alpha value is -5.75. The minimum Gasteiger partial charge on any atom is -0.423 e. The third-order valence-corrected chi connectivity index (χ3v) is 29.0. The first kappa shape index (κ1) is 61.8. The van der Waals surface area contributed by atoms with Gasteiger partial charge in [0.15, 0.2) is 11.3 Å². The molecule has 0 aliphatic heterocycles. The van der Waals surface area contributed by atoms with Gasteiger partial charge >= 0.3 is 7.12 Å². The van der Waals surface area contributed by atoms with Gasteiger partial charge in [-0.05, 0) is 24.3 Å². The van der Waals surface area contributed by atoms with Crippen LogP contribution in [0.5, 0.6) is 0 Å². The van der Waals surface area contributed by atoms with Gasteiger partial charge in [-0.3, -0.25) is 20.1 Å². The van der Waals surface area contributed by atoms with E-state index in [2.05, 4.69) is 62.5 Å². The molecule has 20 nitrogen and oxygen atoms in total. The molecule has 8 N–H and O–H groups in total. The molecule has 0 aliphatic carbocycles.